The molecule has 0 unspecified atom stereocenters. The molecule has 0 saturated heterocycles. The highest BCUT2D eigenvalue weighted by Crippen LogP contribution is 2.35. The number of ketones is 1. The normalized spacial score (nSPS) is 13.7. The number of benzene rings is 3. The number of rotatable bonds is 6. The van der Waals surface area contributed by atoms with Crippen LogP contribution in [0.25, 0.3) is 27.5 Å². The Bertz CT molecular complexity index is 1500. The van der Waals surface area contributed by atoms with Crippen LogP contribution >= 0.6 is 0 Å². The lowest BCUT2D eigenvalue weighted by atomic mass is 9.91. The molecule has 5 nitrogen and oxygen atoms in total. The number of allylic oxidation sites excluding steroid dienone is 1. The molecule has 1 saturated carbocycles. The molecule has 0 radical (unpaired) electrons. The first-order valence-corrected chi connectivity index (χ1v) is 12.8. The maximum absolute atomic E-state index is 13.4. The van der Waals surface area contributed by atoms with Crippen LogP contribution in [0.3, 0.4) is 0 Å². The number of aryl methyl sites for hydroxylation is 2. The third-order valence-corrected chi connectivity index (χ3v) is 7.23. The highest BCUT2D eigenvalue weighted by molar-refractivity contribution is 6.15. The lowest BCUT2D eigenvalue weighted by Crippen LogP contribution is -2.19. The molecule has 5 rings (SSSR count). The molecule has 1 heterocycles. The number of nitrogens with one attached hydrogen (secondary N) is 1. The van der Waals surface area contributed by atoms with Gasteiger partial charge in [0.05, 0.1) is 5.70 Å². The van der Waals surface area contributed by atoms with Gasteiger partial charge in [-0.05, 0) is 81.0 Å². The monoisotopic (exact) mass is 480 g/mol. The van der Waals surface area contributed by atoms with Gasteiger partial charge in [-0.25, -0.2) is 5.48 Å². The van der Waals surface area contributed by atoms with Crippen LogP contribution in [-0.4, -0.2) is 16.3 Å². The summed E-state index contributed by atoms with van der Waals surface area (Å²) < 4.78 is 2.28. The Morgan fingerprint density at radius 3 is 2.17 bits per heavy atom. The maximum atomic E-state index is 13.4. The number of carbonyl (C=O) groups is 2. The molecule has 184 valence electrons. The maximum Gasteiger partial charge on any atom is 0.329 e. The van der Waals surface area contributed by atoms with Crippen molar-refractivity contribution in [1.29, 1.82) is 0 Å². The van der Waals surface area contributed by atoms with Crippen LogP contribution in [0.1, 0.15) is 73.0 Å². The first kappa shape index (κ1) is 23.9. The average Bonchev–Trinajstić information content (AvgIpc) is 3.21. The van der Waals surface area contributed by atoms with Crippen molar-refractivity contribution < 1.29 is 14.4 Å². The molecule has 3 aromatic carbocycles. The van der Waals surface area contributed by atoms with E-state index in [9.17, 15) is 9.59 Å². The summed E-state index contributed by atoms with van der Waals surface area (Å²) in [5, 5.41) is 2.14. The number of hydrogen-bond donors (Lipinski definition) is 1. The van der Waals surface area contributed by atoms with E-state index in [2.05, 4.69) is 41.2 Å². The van der Waals surface area contributed by atoms with Crippen LogP contribution < -0.4 is 5.48 Å². The summed E-state index contributed by atoms with van der Waals surface area (Å²) >= 11 is 0. The zero-order valence-corrected chi connectivity index (χ0v) is 21.2. The van der Waals surface area contributed by atoms with Crippen molar-refractivity contribution >= 4 is 39.3 Å². The van der Waals surface area contributed by atoms with Gasteiger partial charge >= 0.3 is 5.97 Å². The van der Waals surface area contributed by atoms with Gasteiger partial charge in [-0.15, -0.1) is 0 Å². The van der Waals surface area contributed by atoms with Crippen molar-refractivity contribution in [2.24, 2.45) is 0 Å². The summed E-state index contributed by atoms with van der Waals surface area (Å²) in [7, 11) is 0. The van der Waals surface area contributed by atoms with Crippen molar-refractivity contribution in [3.05, 3.63) is 88.5 Å². The summed E-state index contributed by atoms with van der Waals surface area (Å²) in [5.41, 5.74) is 10.7. The first-order valence-electron chi connectivity index (χ1n) is 12.8. The zero-order chi connectivity index (χ0) is 25.2. The van der Waals surface area contributed by atoms with Gasteiger partial charge in [0, 0.05) is 52.0 Å². The highest BCUT2D eigenvalue weighted by atomic mass is 16.7. The second-order valence-electron chi connectivity index (χ2n) is 9.59. The van der Waals surface area contributed by atoms with Crippen LogP contribution in [0.4, 0.5) is 0 Å². The number of aromatic nitrogens is 1. The van der Waals surface area contributed by atoms with Crippen LogP contribution in [0.5, 0.6) is 0 Å². The fraction of sp³-hybridized carbons (Fsp3) is 0.290. The standard InChI is InChI=1S/C31H32N2O3/c1-4-33-28-16-14-23(30(32-36-21(3)34)22-11-6-5-7-12-22)18-26(28)27-19-24(15-17-29(27)33)31(35)25-13-9-8-10-20(25)2/h8-10,13-19,32H,4-7,11-12H2,1-3H3. The van der Waals surface area contributed by atoms with Gasteiger partial charge in [0.25, 0.3) is 0 Å². The number of hydroxylamine groups is 1. The molecule has 5 heteroatoms. The second-order valence-corrected chi connectivity index (χ2v) is 9.59. The fourth-order valence-electron chi connectivity index (χ4n) is 5.41. The minimum Gasteiger partial charge on any atom is -0.344 e. The lowest BCUT2D eigenvalue weighted by Gasteiger charge is -2.20. The minimum absolute atomic E-state index is 0.0325. The third kappa shape index (κ3) is 4.41. The van der Waals surface area contributed by atoms with E-state index in [4.69, 9.17) is 4.84 Å². The van der Waals surface area contributed by atoms with Crippen LogP contribution in [0, 0.1) is 6.92 Å². The van der Waals surface area contributed by atoms with Gasteiger partial charge in [-0.2, -0.15) is 0 Å². The van der Waals surface area contributed by atoms with Gasteiger partial charge in [0.15, 0.2) is 5.78 Å². The summed E-state index contributed by atoms with van der Waals surface area (Å²) in [6.07, 6.45) is 5.50. The van der Waals surface area contributed by atoms with Gasteiger partial charge < -0.3 is 9.40 Å². The molecule has 0 spiro atoms. The van der Waals surface area contributed by atoms with Crippen LogP contribution in [-0.2, 0) is 16.2 Å². The first-order chi connectivity index (χ1) is 17.5. The Kier molecular flexibility index (Phi) is 6.64. The van der Waals surface area contributed by atoms with E-state index in [1.807, 2.05) is 43.3 Å². The smallest absolute Gasteiger partial charge is 0.329 e. The Balaban J connectivity index is 1.67. The van der Waals surface area contributed by atoms with Gasteiger partial charge in [-0.1, -0.05) is 36.8 Å². The molecule has 4 aromatic rings. The second kappa shape index (κ2) is 10.0. The Morgan fingerprint density at radius 1 is 0.889 bits per heavy atom. The molecule has 1 aliphatic carbocycles. The van der Waals surface area contributed by atoms with E-state index < -0.39 is 0 Å². The molecular formula is C31H32N2O3. The van der Waals surface area contributed by atoms with Crippen LogP contribution in [0.15, 0.2) is 66.2 Å². The molecule has 0 bridgehead atoms. The fourth-order valence-corrected chi connectivity index (χ4v) is 5.41. The quantitative estimate of drug-likeness (QED) is 0.236. The molecule has 1 aliphatic rings. The predicted octanol–water partition coefficient (Wildman–Crippen LogP) is 7.10. The molecule has 36 heavy (non-hydrogen) atoms. The van der Waals surface area contributed by atoms with Crippen LogP contribution in [0.2, 0.25) is 0 Å². The summed E-state index contributed by atoms with van der Waals surface area (Å²) in [6.45, 7) is 6.33. The highest BCUT2D eigenvalue weighted by Gasteiger charge is 2.19. The van der Waals surface area contributed by atoms with E-state index in [0.717, 1.165) is 76.4 Å². The molecule has 0 atom stereocenters. The van der Waals surface area contributed by atoms with Gasteiger partial charge in [0.1, 0.15) is 0 Å². The topological polar surface area (TPSA) is 60.3 Å². The summed E-state index contributed by atoms with van der Waals surface area (Å²) in [4.78, 5) is 30.2. The van der Waals surface area contributed by atoms with E-state index in [1.165, 1.54) is 18.9 Å². The van der Waals surface area contributed by atoms with Crippen molar-refractivity contribution in [3.63, 3.8) is 0 Å². The van der Waals surface area contributed by atoms with E-state index in [1.54, 1.807) is 0 Å². The van der Waals surface area contributed by atoms with Crippen molar-refractivity contribution in [1.82, 2.24) is 10.0 Å². The van der Waals surface area contributed by atoms with Crippen molar-refractivity contribution in [3.8, 4) is 0 Å². The molecule has 0 aliphatic heterocycles. The molecule has 0 amide bonds. The zero-order valence-electron chi connectivity index (χ0n) is 21.2. The van der Waals surface area contributed by atoms with Gasteiger partial charge in [0.2, 0.25) is 0 Å². The van der Waals surface area contributed by atoms with Gasteiger partial charge in [-0.3, -0.25) is 9.59 Å². The van der Waals surface area contributed by atoms with E-state index in [-0.39, 0.29) is 11.8 Å². The number of carbonyl (C=O) groups excluding carboxylic acids is 2. The lowest BCUT2D eigenvalue weighted by molar-refractivity contribution is -0.145. The van der Waals surface area contributed by atoms with Crippen molar-refractivity contribution in [2.75, 3.05) is 0 Å². The summed E-state index contributed by atoms with van der Waals surface area (Å²) in [6, 6.07) is 20.1. The molecule has 1 fully saturated rings. The third-order valence-electron chi connectivity index (χ3n) is 7.23. The Hall–Kier alpha value is -3.86. The predicted molar refractivity (Wildman–Crippen MR) is 145 cm³/mol. The summed E-state index contributed by atoms with van der Waals surface area (Å²) in [5.74, 6) is -0.336. The SMILES string of the molecule is CCn1c2ccc(C(=O)c3ccccc3C)cc2c2cc(C(NOC(C)=O)=C3CCCCC3)ccc21. The average molecular weight is 481 g/mol. The molecule has 1 aromatic heterocycles. The number of nitrogens with zero attached hydrogens (tertiary/aromatic N) is 1. The molecular weight excluding hydrogens is 448 g/mol. The Morgan fingerprint density at radius 2 is 1.53 bits per heavy atom. The van der Waals surface area contributed by atoms with Crippen molar-refractivity contribution in [2.45, 2.75) is 59.4 Å². The number of hydrogen-bond acceptors (Lipinski definition) is 4. The largest absolute Gasteiger partial charge is 0.344 e. The molecule has 1 N–H and O–H groups in total. The minimum atomic E-state index is -0.369. The Labute approximate surface area is 211 Å². The van der Waals surface area contributed by atoms with E-state index in [0.29, 0.717) is 5.56 Å². The number of fused-ring (bicyclic) bond motifs is 3. The van der Waals surface area contributed by atoms with E-state index >= 15 is 0 Å².